The smallest absolute Gasteiger partial charge is 0.335 e. The van der Waals surface area contributed by atoms with Crippen LogP contribution in [-0.2, 0) is 5.41 Å². The van der Waals surface area contributed by atoms with Crippen LogP contribution in [-0.4, -0.2) is 28.4 Å². The summed E-state index contributed by atoms with van der Waals surface area (Å²) in [7, 11) is 0. The van der Waals surface area contributed by atoms with Crippen molar-refractivity contribution in [3.63, 3.8) is 0 Å². The van der Waals surface area contributed by atoms with Gasteiger partial charge in [0.1, 0.15) is 11.9 Å². The average molecular weight is 477 g/mol. The van der Waals surface area contributed by atoms with E-state index in [1.54, 1.807) is 12.1 Å². The van der Waals surface area contributed by atoms with E-state index in [-0.39, 0.29) is 16.9 Å². The van der Waals surface area contributed by atoms with Crippen LogP contribution in [0.4, 0.5) is 0 Å². The largest absolute Gasteiger partial charge is 0.487 e. The molecule has 2 N–H and O–H groups in total. The zero-order valence-electron chi connectivity index (χ0n) is 22.2. The molecule has 3 aromatic carbocycles. The van der Waals surface area contributed by atoms with E-state index in [0.717, 1.165) is 41.3 Å². The maximum absolute atomic E-state index is 11.4. The number of hydrogen-bond acceptors (Lipinski definition) is 3. The number of aryl methyl sites for hydroxylation is 1. The second kappa shape index (κ2) is 10.4. The van der Waals surface area contributed by atoms with Crippen molar-refractivity contribution in [2.24, 2.45) is 5.41 Å². The van der Waals surface area contributed by atoms with Gasteiger partial charge in [-0.2, -0.15) is 0 Å². The van der Waals surface area contributed by atoms with Gasteiger partial charge in [-0.25, -0.2) is 4.79 Å². The molecule has 35 heavy (non-hydrogen) atoms. The summed E-state index contributed by atoms with van der Waals surface area (Å²) in [5, 5.41) is 22.1. The molecule has 2 unspecified atom stereocenters. The number of carboxylic acids is 1. The van der Waals surface area contributed by atoms with Gasteiger partial charge in [0.05, 0.1) is 11.7 Å². The number of fused-ring (bicyclic) bond motifs is 1. The van der Waals surface area contributed by atoms with Gasteiger partial charge in [0.25, 0.3) is 0 Å². The molecule has 0 aromatic heterocycles. The van der Waals surface area contributed by atoms with Gasteiger partial charge in [-0.05, 0) is 77.3 Å². The van der Waals surface area contributed by atoms with Gasteiger partial charge >= 0.3 is 5.97 Å². The minimum Gasteiger partial charge on any atom is -0.487 e. The zero-order valence-corrected chi connectivity index (χ0v) is 22.2. The summed E-state index contributed by atoms with van der Waals surface area (Å²) in [6.07, 6.45) is 1.77. The van der Waals surface area contributed by atoms with Crippen LogP contribution >= 0.6 is 0 Å². The first kappa shape index (κ1) is 26.7. The molecular weight excluding hydrogens is 436 g/mol. The monoisotopic (exact) mass is 476 g/mol. The van der Waals surface area contributed by atoms with Crippen molar-refractivity contribution in [2.45, 2.75) is 85.4 Å². The van der Waals surface area contributed by atoms with Crippen LogP contribution in [0, 0.1) is 12.3 Å². The number of carboxylic acid groups (broad SMARTS) is 1. The third-order valence-electron chi connectivity index (χ3n) is 7.49. The lowest BCUT2D eigenvalue weighted by molar-refractivity contribution is -0.0331. The molecule has 0 amide bonds. The maximum atomic E-state index is 11.4. The lowest BCUT2D eigenvalue weighted by Gasteiger charge is -2.35. The Labute approximate surface area is 210 Å². The predicted molar refractivity (Wildman–Crippen MR) is 144 cm³/mol. The van der Waals surface area contributed by atoms with Crippen LogP contribution in [0.5, 0.6) is 5.75 Å². The summed E-state index contributed by atoms with van der Waals surface area (Å²) in [6, 6.07) is 18.1. The minimum atomic E-state index is -0.912. The standard InChI is InChI=1S/C31H40O4/c1-8-26(28(32)30(5,6)7)35-27-16-15-24(17-20(27)4)31(9-2,10-3)25-14-13-21-18-23(29(33)34)12-11-22(21)19-25/h11-19,26,28,32H,8-10H2,1-7H3,(H,33,34). The molecule has 2 atom stereocenters. The highest BCUT2D eigenvalue weighted by molar-refractivity contribution is 5.94. The molecule has 0 heterocycles. The van der Waals surface area contributed by atoms with Gasteiger partial charge in [0.2, 0.25) is 0 Å². The first-order valence-corrected chi connectivity index (χ1v) is 12.7. The maximum Gasteiger partial charge on any atom is 0.335 e. The Morgan fingerprint density at radius 1 is 0.886 bits per heavy atom. The second-order valence-corrected chi connectivity index (χ2v) is 10.7. The summed E-state index contributed by atoms with van der Waals surface area (Å²) in [4.78, 5) is 11.4. The van der Waals surface area contributed by atoms with E-state index >= 15 is 0 Å². The molecule has 188 valence electrons. The fourth-order valence-corrected chi connectivity index (χ4v) is 5.08. The van der Waals surface area contributed by atoms with E-state index < -0.39 is 12.1 Å². The highest BCUT2D eigenvalue weighted by Gasteiger charge is 2.33. The summed E-state index contributed by atoms with van der Waals surface area (Å²) in [5.41, 5.74) is 3.39. The van der Waals surface area contributed by atoms with Gasteiger partial charge < -0.3 is 14.9 Å². The van der Waals surface area contributed by atoms with E-state index in [4.69, 9.17) is 4.74 Å². The van der Waals surface area contributed by atoms with E-state index in [1.807, 2.05) is 45.9 Å². The van der Waals surface area contributed by atoms with Crippen LogP contribution in [0.15, 0.2) is 54.6 Å². The van der Waals surface area contributed by atoms with Crippen molar-refractivity contribution in [3.8, 4) is 5.75 Å². The Kier molecular flexibility index (Phi) is 7.96. The quantitative estimate of drug-likeness (QED) is 0.335. The zero-order chi connectivity index (χ0) is 26.0. The molecule has 0 spiro atoms. The first-order valence-electron chi connectivity index (χ1n) is 12.7. The number of carbonyl (C=O) groups is 1. The van der Waals surface area contributed by atoms with Crippen molar-refractivity contribution in [1.29, 1.82) is 0 Å². The second-order valence-electron chi connectivity index (χ2n) is 10.7. The van der Waals surface area contributed by atoms with Gasteiger partial charge in [-0.3, -0.25) is 0 Å². The third-order valence-corrected chi connectivity index (χ3v) is 7.49. The van der Waals surface area contributed by atoms with E-state index in [0.29, 0.717) is 5.56 Å². The molecular formula is C31H40O4. The van der Waals surface area contributed by atoms with Crippen molar-refractivity contribution < 1.29 is 19.7 Å². The van der Waals surface area contributed by atoms with Crippen LogP contribution in [0.25, 0.3) is 10.8 Å². The van der Waals surface area contributed by atoms with E-state index in [1.165, 1.54) is 11.1 Å². The molecule has 0 radical (unpaired) electrons. The summed E-state index contributed by atoms with van der Waals surface area (Å²) < 4.78 is 6.31. The number of aromatic carboxylic acids is 1. The van der Waals surface area contributed by atoms with Gasteiger partial charge in [-0.1, -0.05) is 77.9 Å². The fraction of sp³-hybridized carbons (Fsp3) is 0.452. The molecule has 0 aliphatic carbocycles. The van der Waals surface area contributed by atoms with Crippen molar-refractivity contribution >= 4 is 16.7 Å². The van der Waals surface area contributed by atoms with Crippen LogP contribution in [0.3, 0.4) is 0 Å². The lowest BCUT2D eigenvalue weighted by atomic mass is 9.70. The molecule has 0 fully saturated rings. The minimum absolute atomic E-state index is 0.169. The summed E-state index contributed by atoms with van der Waals surface area (Å²) in [6.45, 7) is 14.6. The number of hydrogen-bond donors (Lipinski definition) is 2. The topological polar surface area (TPSA) is 66.8 Å². The number of ether oxygens (including phenoxy) is 1. The van der Waals surface area contributed by atoms with Crippen LogP contribution < -0.4 is 4.74 Å². The molecule has 0 saturated heterocycles. The fourth-order valence-electron chi connectivity index (χ4n) is 5.08. The molecule has 0 bridgehead atoms. The van der Waals surface area contributed by atoms with Gasteiger partial charge in [0, 0.05) is 5.41 Å². The molecule has 0 aliphatic heterocycles. The third kappa shape index (κ3) is 5.38. The van der Waals surface area contributed by atoms with Gasteiger partial charge in [-0.15, -0.1) is 0 Å². The molecule has 4 heteroatoms. The van der Waals surface area contributed by atoms with Crippen molar-refractivity contribution in [2.75, 3.05) is 0 Å². The molecule has 0 aliphatic rings. The average Bonchev–Trinajstić information content (AvgIpc) is 2.83. The molecule has 0 saturated carbocycles. The predicted octanol–water partition coefficient (Wildman–Crippen LogP) is 7.52. The van der Waals surface area contributed by atoms with E-state index in [9.17, 15) is 15.0 Å². The number of aliphatic hydroxyl groups excluding tert-OH is 1. The summed E-state index contributed by atoms with van der Waals surface area (Å²) >= 11 is 0. The number of benzene rings is 3. The normalized spacial score (nSPS) is 14.1. The van der Waals surface area contributed by atoms with Crippen molar-refractivity contribution in [3.05, 3.63) is 76.9 Å². The Morgan fingerprint density at radius 2 is 1.46 bits per heavy atom. The Bertz CT molecular complexity index is 1180. The SMILES string of the molecule is CCC(Oc1ccc(C(CC)(CC)c2ccc3cc(C(=O)O)ccc3c2)cc1C)C(O)C(C)(C)C. The van der Waals surface area contributed by atoms with Crippen LogP contribution in [0.2, 0.25) is 0 Å². The Balaban J connectivity index is 2.00. The molecule has 4 nitrogen and oxygen atoms in total. The van der Waals surface area contributed by atoms with Crippen LogP contribution in [0.1, 0.15) is 87.9 Å². The molecule has 3 aromatic rings. The Hall–Kier alpha value is -2.85. The molecule has 3 rings (SSSR count). The van der Waals surface area contributed by atoms with Crippen molar-refractivity contribution in [1.82, 2.24) is 0 Å². The highest BCUT2D eigenvalue weighted by atomic mass is 16.5. The number of aliphatic hydroxyl groups is 1. The highest BCUT2D eigenvalue weighted by Crippen LogP contribution is 2.41. The van der Waals surface area contributed by atoms with Gasteiger partial charge in [0.15, 0.2) is 0 Å². The lowest BCUT2D eigenvalue weighted by Crippen LogP contribution is -2.41. The first-order chi connectivity index (χ1) is 16.5. The summed E-state index contributed by atoms with van der Waals surface area (Å²) in [5.74, 6) is -0.102. The van der Waals surface area contributed by atoms with E-state index in [2.05, 4.69) is 45.0 Å². The Morgan fingerprint density at radius 3 is 2.00 bits per heavy atom. The number of rotatable bonds is 9.